The van der Waals surface area contributed by atoms with E-state index in [1.807, 2.05) is 22.6 Å². The fourth-order valence-electron chi connectivity index (χ4n) is 1.32. The lowest BCUT2D eigenvalue weighted by Crippen LogP contribution is -2.14. The maximum Gasteiger partial charge on any atom is 0.337 e. The van der Waals surface area contributed by atoms with Gasteiger partial charge in [-0.3, -0.25) is 4.79 Å². The van der Waals surface area contributed by atoms with Gasteiger partial charge in [-0.1, -0.05) is 5.16 Å². The minimum Gasteiger partial charge on any atom is -0.478 e. The van der Waals surface area contributed by atoms with E-state index < -0.39 is 11.9 Å². The van der Waals surface area contributed by atoms with Crippen LogP contribution in [0, 0.1) is 3.57 Å². The van der Waals surface area contributed by atoms with Crippen molar-refractivity contribution < 1.29 is 19.2 Å². The lowest BCUT2D eigenvalue weighted by molar-refractivity contribution is 0.0698. The van der Waals surface area contributed by atoms with Crippen LogP contribution < -0.4 is 5.32 Å². The highest BCUT2D eigenvalue weighted by atomic mass is 127. The van der Waals surface area contributed by atoms with Crippen molar-refractivity contribution in [3.8, 4) is 0 Å². The molecule has 18 heavy (non-hydrogen) atoms. The van der Waals surface area contributed by atoms with Crippen LogP contribution in [0.5, 0.6) is 0 Å². The van der Waals surface area contributed by atoms with Crippen molar-refractivity contribution in [2.24, 2.45) is 0 Å². The molecule has 0 radical (unpaired) electrons. The maximum absolute atomic E-state index is 11.7. The molecule has 0 aliphatic rings. The number of carbonyl (C=O) groups is 2. The summed E-state index contributed by atoms with van der Waals surface area (Å²) >= 11 is 2.00. The number of hydrogen-bond donors (Lipinski definition) is 2. The Morgan fingerprint density at radius 3 is 2.72 bits per heavy atom. The van der Waals surface area contributed by atoms with E-state index in [4.69, 9.17) is 5.11 Å². The fraction of sp³-hybridized carbons (Fsp3) is 0. The molecule has 6 nitrogen and oxygen atoms in total. The molecule has 0 spiro atoms. The standard InChI is InChI=1S/C11H7IN2O4/c12-6-1-2-8(7(5-6)11(16)17)14-10(15)9-3-4-13-18-9/h1-5H,(H,14,15)(H,16,17). The third kappa shape index (κ3) is 2.67. The van der Waals surface area contributed by atoms with Gasteiger partial charge in [0.1, 0.15) is 0 Å². The average Bonchev–Trinajstić information content (AvgIpc) is 2.84. The van der Waals surface area contributed by atoms with Crippen molar-refractivity contribution in [3.63, 3.8) is 0 Å². The molecule has 7 heteroatoms. The lowest BCUT2D eigenvalue weighted by atomic mass is 10.2. The number of rotatable bonds is 3. The smallest absolute Gasteiger partial charge is 0.337 e. The first-order chi connectivity index (χ1) is 8.58. The normalized spacial score (nSPS) is 10.1. The van der Waals surface area contributed by atoms with Crippen LogP contribution in [0.1, 0.15) is 20.9 Å². The van der Waals surface area contributed by atoms with E-state index in [0.29, 0.717) is 0 Å². The molecular weight excluding hydrogens is 351 g/mol. The number of anilines is 1. The van der Waals surface area contributed by atoms with Crippen molar-refractivity contribution in [2.45, 2.75) is 0 Å². The number of benzene rings is 1. The van der Waals surface area contributed by atoms with Crippen molar-refractivity contribution >= 4 is 40.2 Å². The Balaban J connectivity index is 2.29. The van der Waals surface area contributed by atoms with E-state index in [2.05, 4.69) is 15.0 Å². The quantitative estimate of drug-likeness (QED) is 0.821. The predicted octanol–water partition coefficient (Wildman–Crippen LogP) is 2.23. The summed E-state index contributed by atoms with van der Waals surface area (Å²) in [5.74, 6) is -1.64. The van der Waals surface area contributed by atoms with Crippen molar-refractivity contribution in [1.82, 2.24) is 5.16 Å². The predicted molar refractivity (Wildman–Crippen MR) is 70.6 cm³/mol. The van der Waals surface area contributed by atoms with Gasteiger partial charge >= 0.3 is 5.97 Å². The monoisotopic (exact) mass is 358 g/mol. The highest BCUT2D eigenvalue weighted by Crippen LogP contribution is 2.19. The topological polar surface area (TPSA) is 92.4 Å². The molecule has 0 saturated carbocycles. The van der Waals surface area contributed by atoms with Gasteiger partial charge in [0.15, 0.2) is 0 Å². The summed E-state index contributed by atoms with van der Waals surface area (Å²) in [5.41, 5.74) is 0.235. The fourth-order valence-corrected chi connectivity index (χ4v) is 1.81. The molecule has 1 heterocycles. The summed E-state index contributed by atoms with van der Waals surface area (Å²) in [7, 11) is 0. The van der Waals surface area contributed by atoms with Crippen LogP contribution in [-0.2, 0) is 0 Å². The van der Waals surface area contributed by atoms with Crippen molar-refractivity contribution in [2.75, 3.05) is 5.32 Å². The molecule has 1 aromatic heterocycles. The molecule has 1 aromatic carbocycles. The Morgan fingerprint density at radius 1 is 1.33 bits per heavy atom. The van der Waals surface area contributed by atoms with Crippen LogP contribution in [0.3, 0.4) is 0 Å². The number of carboxylic acid groups (broad SMARTS) is 1. The average molecular weight is 358 g/mol. The zero-order valence-electron chi connectivity index (χ0n) is 8.88. The van der Waals surface area contributed by atoms with E-state index in [0.717, 1.165) is 3.57 Å². The van der Waals surface area contributed by atoms with E-state index in [-0.39, 0.29) is 17.0 Å². The van der Waals surface area contributed by atoms with Gasteiger partial charge in [-0.2, -0.15) is 0 Å². The van der Waals surface area contributed by atoms with Gasteiger partial charge in [-0.15, -0.1) is 0 Å². The molecule has 0 unspecified atom stereocenters. The highest BCUT2D eigenvalue weighted by molar-refractivity contribution is 14.1. The zero-order valence-corrected chi connectivity index (χ0v) is 11.0. The Kier molecular flexibility index (Phi) is 3.60. The maximum atomic E-state index is 11.7. The molecule has 2 N–H and O–H groups in total. The second kappa shape index (κ2) is 5.17. The summed E-state index contributed by atoms with van der Waals surface area (Å²) in [5, 5.41) is 14.9. The number of hydrogen-bond acceptors (Lipinski definition) is 4. The molecular formula is C11H7IN2O4. The van der Waals surface area contributed by atoms with E-state index in [1.165, 1.54) is 24.4 Å². The van der Waals surface area contributed by atoms with Crippen LogP contribution >= 0.6 is 22.6 Å². The van der Waals surface area contributed by atoms with Crippen LogP contribution in [-0.4, -0.2) is 22.1 Å². The largest absolute Gasteiger partial charge is 0.478 e. The zero-order chi connectivity index (χ0) is 13.1. The summed E-state index contributed by atoms with van der Waals surface area (Å²) in [6.07, 6.45) is 1.33. The summed E-state index contributed by atoms with van der Waals surface area (Å²) in [6.45, 7) is 0. The molecule has 0 atom stereocenters. The minimum atomic E-state index is -1.11. The van der Waals surface area contributed by atoms with Crippen LogP contribution in [0.25, 0.3) is 0 Å². The van der Waals surface area contributed by atoms with Gasteiger partial charge in [0.25, 0.3) is 5.91 Å². The van der Waals surface area contributed by atoms with Crippen LogP contribution in [0.15, 0.2) is 35.0 Å². The Morgan fingerprint density at radius 2 is 2.11 bits per heavy atom. The SMILES string of the molecule is O=C(Nc1ccc(I)cc1C(=O)O)c1ccno1. The molecule has 0 bridgehead atoms. The Labute approximate surface area is 115 Å². The summed E-state index contributed by atoms with van der Waals surface area (Å²) in [6, 6.07) is 6.09. The molecule has 0 fully saturated rings. The molecule has 2 aromatic rings. The van der Waals surface area contributed by atoms with Crippen molar-refractivity contribution in [3.05, 3.63) is 45.4 Å². The molecule has 0 saturated heterocycles. The molecule has 2 rings (SSSR count). The number of halogens is 1. The first-order valence-corrected chi connectivity index (χ1v) is 5.90. The van der Waals surface area contributed by atoms with Crippen molar-refractivity contribution in [1.29, 1.82) is 0 Å². The van der Waals surface area contributed by atoms with Crippen LogP contribution in [0.2, 0.25) is 0 Å². The molecule has 1 amide bonds. The first-order valence-electron chi connectivity index (χ1n) is 4.83. The highest BCUT2D eigenvalue weighted by Gasteiger charge is 2.15. The number of amides is 1. The summed E-state index contributed by atoms with van der Waals surface area (Å²) < 4.78 is 5.45. The van der Waals surface area contributed by atoms with Gasteiger partial charge < -0.3 is 14.9 Å². The summed E-state index contributed by atoms with van der Waals surface area (Å²) in [4.78, 5) is 22.7. The van der Waals surface area contributed by atoms with Gasteiger partial charge in [0.05, 0.1) is 17.4 Å². The Hall–Kier alpha value is -1.90. The van der Waals surface area contributed by atoms with E-state index >= 15 is 0 Å². The van der Waals surface area contributed by atoms with Gasteiger partial charge in [0, 0.05) is 9.64 Å². The number of carbonyl (C=O) groups excluding carboxylic acids is 1. The number of nitrogens with zero attached hydrogens (tertiary/aromatic N) is 1. The molecule has 0 aliphatic heterocycles. The third-order valence-corrected chi connectivity index (χ3v) is 2.79. The second-order valence-electron chi connectivity index (χ2n) is 3.33. The van der Waals surface area contributed by atoms with Gasteiger partial charge in [-0.05, 0) is 40.8 Å². The second-order valence-corrected chi connectivity index (χ2v) is 4.57. The van der Waals surface area contributed by atoms with E-state index in [9.17, 15) is 9.59 Å². The number of nitrogens with one attached hydrogen (secondary N) is 1. The Bertz CT molecular complexity index is 595. The van der Waals surface area contributed by atoms with Crippen LogP contribution in [0.4, 0.5) is 5.69 Å². The minimum absolute atomic E-state index is 0.0184. The lowest BCUT2D eigenvalue weighted by Gasteiger charge is -2.07. The van der Waals surface area contributed by atoms with Gasteiger partial charge in [-0.25, -0.2) is 4.79 Å². The third-order valence-electron chi connectivity index (χ3n) is 2.12. The number of aromatic nitrogens is 1. The molecule has 0 aliphatic carbocycles. The number of carboxylic acids is 1. The number of aromatic carboxylic acids is 1. The van der Waals surface area contributed by atoms with Gasteiger partial charge in [0.2, 0.25) is 5.76 Å². The molecule has 92 valence electrons. The first kappa shape index (κ1) is 12.6. The van der Waals surface area contributed by atoms with E-state index in [1.54, 1.807) is 6.07 Å².